The predicted molar refractivity (Wildman–Crippen MR) is 62.4 cm³/mol. The first-order valence-corrected chi connectivity index (χ1v) is 6.14. The summed E-state index contributed by atoms with van der Waals surface area (Å²) in [5.41, 5.74) is 5.67. The number of nitrogens with one attached hydrogen (secondary N) is 1. The number of nitrogens with two attached hydrogens (primary N) is 1. The molecule has 3 N–H and O–H groups in total. The molecule has 0 bridgehead atoms. The maximum atomic E-state index is 11.6. The number of amides is 1. The van der Waals surface area contributed by atoms with Crippen molar-refractivity contribution in [3.8, 4) is 0 Å². The van der Waals surface area contributed by atoms with Gasteiger partial charge in [0.15, 0.2) is 0 Å². The normalized spacial score (nSPS) is 21.3. The van der Waals surface area contributed by atoms with E-state index in [2.05, 4.69) is 5.32 Å². The molecule has 0 radical (unpaired) electrons. The zero-order chi connectivity index (χ0) is 11.3. The van der Waals surface area contributed by atoms with Gasteiger partial charge in [0.25, 0.3) is 0 Å². The molecule has 2 unspecified atom stereocenters. The van der Waals surface area contributed by atoms with Crippen LogP contribution in [0, 0.1) is 11.8 Å². The van der Waals surface area contributed by atoms with Crippen molar-refractivity contribution in [2.24, 2.45) is 17.6 Å². The third-order valence-corrected chi connectivity index (χ3v) is 3.53. The predicted octanol–water partition coefficient (Wildman–Crippen LogP) is 1.67. The fourth-order valence-electron chi connectivity index (χ4n) is 2.10. The zero-order valence-corrected chi connectivity index (χ0v) is 9.96. The first kappa shape index (κ1) is 12.5. The van der Waals surface area contributed by atoms with Crippen LogP contribution in [-0.2, 0) is 4.79 Å². The van der Waals surface area contributed by atoms with Crippen LogP contribution >= 0.6 is 0 Å². The molecule has 1 saturated carbocycles. The van der Waals surface area contributed by atoms with Crippen molar-refractivity contribution in [2.45, 2.75) is 52.0 Å². The first-order valence-electron chi connectivity index (χ1n) is 6.14. The number of carbonyl (C=O) groups excluding carboxylic acids is 1. The molecule has 0 heterocycles. The Morgan fingerprint density at radius 3 is 2.53 bits per heavy atom. The molecular weight excluding hydrogens is 188 g/mol. The van der Waals surface area contributed by atoms with Crippen molar-refractivity contribution in [2.75, 3.05) is 6.54 Å². The van der Waals surface area contributed by atoms with Gasteiger partial charge in [-0.2, -0.15) is 0 Å². The van der Waals surface area contributed by atoms with Gasteiger partial charge >= 0.3 is 0 Å². The van der Waals surface area contributed by atoms with E-state index in [9.17, 15) is 4.79 Å². The molecule has 0 aliphatic heterocycles. The fourth-order valence-corrected chi connectivity index (χ4v) is 2.10. The zero-order valence-electron chi connectivity index (χ0n) is 9.96. The van der Waals surface area contributed by atoms with Crippen LogP contribution in [0.4, 0.5) is 0 Å². The molecule has 0 spiro atoms. The highest BCUT2D eigenvalue weighted by atomic mass is 16.1. The van der Waals surface area contributed by atoms with E-state index in [-0.39, 0.29) is 17.9 Å². The van der Waals surface area contributed by atoms with E-state index in [0.717, 1.165) is 18.9 Å². The molecule has 0 aromatic carbocycles. The lowest BCUT2D eigenvalue weighted by atomic mass is 10.0. The van der Waals surface area contributed by atoms with Crippen molar-refractivity contribution in [3.05, 3.63) is 0 Å². The van der Waals surface area contributed by atoms with Gasteiger partial charge in [-0.3, -0.25) is 4.79 Å². The smallest absolute Gasteiger partial charge is 0.224 e. The quantitative estimate of drug-likeness (QED) is 0.728. The average Bonchev–Trinajstić information content (AvgIpc) is 2.69. The number of hydrogen-bond donors (Lipinski definition) is 2. The number of carbonyl (C=O) groups is 1. The Hall–Kier alpha value is -0.570. The Kier molecular flexibility index (Phi) is 5.09. The van der Waals surface area contributed by atoms with E-state index in [1.807, 2.05) is 13.8 Å². The maximum Gasteiger partial charge on any atom is 0.224 e. The molecule has 0 aromatic heterocycles. The number of hydrogen-bond acceptors (Lipinski definition) is 2. The van der Waals surface area contributed by atoms with Crippen molar-refractivity contribution >= 4 is 5.91 Å². The van der Waals surface area contributed by atoms with Crippen LogP contribution in [0.3, 0.4) is 0 Å². The number of rotatable bonds is 5. The largest absolute Gasteiger partial charge is 0.356 e. The summed E-state index contributed by atoms with van der Waals surface area (Å²) in [5, 5.41) is 2.97. The summed E-state index contributed by atoms with van der Waals surface area (Å²) < 4.78 is 0. The summed E-state index contributed by atoms with van der Waals surface area (Å²) in [4.78, 5) is 11.6. The van der Waals surface area contributed by atoms with Crippen molar-refractivity contribution in [3.63, 3.8) is 0 Å². The van der Waals surface area contributed by atoms with Gasteiger partial charge in [-0.15, -0.1) is 0 Å². The monoisotopic (exact) mass is 212 g/mol. The molecule has 0 saturated heterocycles. The van der Waals surface area contributed by atoms with Crippen molar-refractivity contribution < 1.29 is 4.79 Å². The molecule has 15 heavy (non-hydrogen) atoms. The topological polar surface area (TPSA) is 55.1 Å². The summed E-state index contributed by atoms with van der Waals surface area (Å²) in [5.74, 6) is 0.868. The Morgan fingerprint density at radius 1 is 1.40 bits per heavy atom. The molecule has 1 aliphatic rings. The molecule has 3 heteroatoms. The van der Waals surface area contributed by atoms with Gasteiger partial charge in [0, 0.05) is 18.5 Å². The van der Waals surface area contributed by atoms with Crippen LogP contribution in [0.1, 0.15) is 46.0 Å². The highest BCUT2D eigenvalue weighted by Crippen LogP contribution is 2.26. The molecular formula is C12H24N2O. The van der Waals surface area contributed by atoms with E-state index >= 15 is 0 Å². The van der Waals surface area contributed by atoms with Crippen LogP contribution in [0.15, 0.2) is 0 Å². The van der Waals surface area contributed by atoms with E-state index in [1.165, 1.54) is 25.7 Å². The minimum absolute atomic E-state index is 0.0588. The molecule has 1 fully saturated rings. The lowest BCUT2D eigenvalue weighted by Crippen LogP contribution is -2.39. The summed E-state index contributed by atoms with van der Waals surface area (Å²) in [6.45, 7) is 4.58. The summed E-state index contributed by atoms with van der Waals surface area (Å²) in [7, 11) is 0. The van der Waals surface area contributed by atoms with E-state index in [0.29, 0.717) is 0 Å². The van der Waals surface area contributed by atoms with Crippen LogP contribution in [0.2, 0.25) is 0 Å². The highest BCUT2D eigenvalue weighted by molar-refractivity contribution is 5.78. The molecule has 1 aliphatic carbocycles. The minimum atomic E-state index is -0.0754. The lowest BCUT2D eigenvalue weighted by molar-refractivity contribution is -0.124. The van der Waals surface area contributed by atoms with Crippen LogP contribution in [0.25, 0.3) is 0 Å². The lowest BCUT2D eigenvalue weighted by Gasteiger charge is -2.16. The molecule has 88 valence electrons. The molecule has 0 aromatic rings. The van der Waals surface area contributed by atoms with E-state index in [4.69, 9.17) is 5.73 Å². The molecule has 1 amide bonds. The van der Waals surface area contributed by atoms with Gasteiger partial charge in [0.1, 0.15) is 0 Å². The summed E-state index contributed by atoms with van der Waals surface area (Å²) >= 11 is 0. The second kappa shape index (κ2) is 6.11. The first-order chi connectivity index (χ1) is 7.11. The summed E-state index contributed by atoms with van der Waals surface area (Å²) in [6, 6.07) is -0.0588. The highest BCUT2D eigenvalue weighted by Gasteiger charge is 2.18. The Morgan fingerprint density at radius 2 is 2.00 bits per heavy atom. The van der Waals surface area contributed by atoms with E-state index in [1.54, 1.807) is 0 Å². The van der Waals surface area contributed by atoms with Gasteiger partial charge < -0.3 is 11.1 Å². The maximum absolute atomic E-state index is 11.6. The van der Waals surface area contributed by atoms with Crippen molar-refractivity contribution in [1.82, 2.24) is 5.32 Å². The van der Waals surface area contributed by atoms with Gasteiger partial charge in [0.05, 0.1) is 0 Å². The van der Waals surface area contributed by atoms with Gasteiger partial charge in [0.2, 0.25) is 5.91 Å². The van der Waals surface area contributed by atoms with E-state index < -0.39 is 0 Å². The summed E-state index contributed by atoms with van der Waals surface area (Å²) in [6.07, 6.45) is 6.57. The minimum Gasteiger partial charge on any atom is -0.356 e. The standard InChI is InChI=1S/C12H24N2O/c1-9(10(2)13)12(15)14-8-7-11-5-3-4-6-11/h9-11H,3-8,13H2,1-2H3,(H,14,15). The Labute approximate surface area is 92.8 Å². The van der Waals surface area contributed by atoms with Crippen molar-refractivity contribution in [1.29, 1.82) is 0 Å². The average molecular weight is 212 g/mol. The van der Waals surface area contributed by atoms with Gasteiger partial charge in [-0.25, -0.2) is 0 Å². The van der Waals surface area contributed by atoms with Gasteiger partial charge in [-0.05, 0) is 19.3 Å². The van der Waals surface area contributed by atoms with Crippen LogP contribution in [-0.4, -0.2) is 18.5 Å². The third kappa shape index (κ3) is 4.20. The fraction of sp³-hybridized carbons (Fsp3) is 0.917. The van der Waals surface area contributed by atoms with Gasteiger partial charge in [-0.1, -0.05) is 32.6 Å². The SMILES string of the molecule is CC(N)C(C)C(=O)NCCC1CCCC1. The third-order valence-electron chi connectivity index (χ3n) is 3.53. The van der Waals surface area contributed by atoms with Crippen LogP contribution < -0.4 is 11.1 Å². The second-order valence-electron chi connectivity index (χ2n) is 4.88. The second-order valence-corrected chi connectivity index (χ2v) is 4.88. The Bertz CT molecular complexity index is 198. The van der Waals surface area contributed by atoms with Crippen LogP contribution in [0.5, 0.6) is 0 Å². The Balaban J connectivity index is 2.11. The molecule has 2 atom stereocenters. The molecule has 1 rings (SSSR count). The molecule has 3 nitrogen and oxygen atoms in total.